The lowest BCUT2D eigenvalue weighted by molar-refractivity contribution is -0.116. The molecule has 0 fully saturated rings. The predicted octanol–water partition coefficient (Wildman–Crippen LogP) is 6.13. The second-order valence-electron chi connectivity index (χ2n) is 6.46. The number of nitrogens with one attached hydrogen (secondary N) is 1. The molecule has 0 spiro atoms. The Bertz CT molecular complexity index is 1180. The van der Waals surface area contributed by atoms with Gasteiger partial charge in [-0.1, -0.05) is 64.6 Å². The molecule has 0 saturated heterocycles. The molecule has 1 N–H and O–H groups in total. The zero-order chi connectivity index (χ0) is 22.6. The van der Waals surface area contributed by atoms with Gasteiger partial charge in [-0.25, -0.2) is 8.42 Å². The largest absolute Gasteiger partial charge is 0.324 e. The quantitative estimate of drug-likeness (QED) is 0.410. The van der Waals surface area contributed by atoms with Gasteiger partial charge in [-0.2, -0.15) is 4.31 Å². The highest BCUT2D eigenvalue weighted by molar-refractivity contribution is 7.89. The number of nitrogens with zero attached hydrogens (tertiary/aromatic N) is 1. The van der Waals surface area contributed by atoms with E-state index in [2.05, 4.69) is 5.32 Å². The fraction of sp³-hybridized carbons (Fsp3) is 0.0952. The Morgan fingerprint density at radius 3 is 2.00 bits per heavy atom. The summed E-state index contributed by atoms with van der Waals surface area (Å²) in [6.07, 6.45) is 0. The minimum absolute atomic E-state index is 0.0226. The van der Waals surface area contributed by atoms with Crippen molar-refractivity contribution in [2.75, 3.05) is 11.9 Å². The lowest BCUT2D eigenvalue weighted by Gasteiger charge is -2.23. The van der Waals surface area contributed by atoms with Gasteiger partial charge in [0.25, 0.3) is 0 Å². The van der Waals surface area contributed by atoms with E-state index >= 15 is 0 Å². The molecule has 0 aliphatic carbocycles. The first-order valence-electron chi connectivity index (χ1n) is 8.91. The summed E-state index contributed by atoms with van der Waals surface area (Å²) in [6.45, 7) is -0.697. The van der Waals surface area contributed by atoms with Gasteiger partial charge in [0.05, 0.1) is 22.2 Å². The van der Waals surface area contributed by atoms with Gasteiger partial charge < -0.3 is 5.32 Å². The van der Waals surface area contributed by atoms with Crippen LogP contribution in [0, 0.1) is 0 Å². The first-order chi connectivity index (χ1) is 14.7. The minimum atomic E-state index is -4.08. The number of halogens is 4. The van der Waals surface area contributed by atoms with Crippen molar-refractivity contribution in [1.82, 2.24) is 4.31 Å². The van der Waals surface area contributed by atoms with Gasteiger partial charge in [-0.15, -0.1) is 0 Å². The van der Waals surface area contributed by atoms with Gasteiger partial charge in [0.1, 0.15) is 0 Å². The van der Waals surface area contributed by atoms with Crippen LogP contribution in [0.3, 0.4) is 0 Å². The number of benzene rings is 3. The Morgan fingerprint density at radius 1 is 0.806 bits per heavy atom. The molecule has 0 bridgehead atoms. The Hall–Kier alpha value is -1.80. The normalized spacial score (nSPS) is 11.5. The van der Waals surface area contributed by atoms with Crippen molar-refractivity contribution < 1.29 is 13.2 Å². The number of carbonyl (C=O) groups excluding carboxylic acids is 1. The lowest BCUT2D eigenvalue weighted by Crippen LogP contribution is -2.37. The topological polar surface area (TPSA) is 66.5 Å². The number of hydrogen-bond acceptors (Lipinski definition) is 3. The molecule has 0 aromatic heterocycles. The number of rotatable bonds is 7. The summed E-state index contributed by atoms with van der Waals surface area (Å²) in [5.41, 5.74) is 0.752. The van der Waals surface area contributed by atoms with Crippen LogP contribution in [0.25, 0.3) is 0 Å². The molecule has 31 heavy (non-hydrogen) atoms. The molecule has 3 aromatic rings. The van der Waals surface area contributed by atoms with Gasteiger partial charge in [0.2, 0.25) is 15.9 Å². The van der Waals surface area contributed by atoms with Gasteiger partial charge >= 0.3 is 0 Å². The molecule has 0 aliphatic rings. The first-order valence-corrected chi connectivity index (χ1v) is 11.9. The maximum absolute atomic E-state index is 13.3. The van der Waals surface area contributed by atoms with Crippen LogP contribution in [0.4, 0.5) is 5.69 Å². The average Bonchev–Trinajstić information content (AvgIpc) is 2.72. The molecule has 0 aliphatic heterocycles. The summed E-state index contributed by atoms with van der Waals surface area (Å²) in [5.74, 6) is -0.575. The van der Waals surface area contributed by atoms with Crippen molar-refractivity contribution in [3.8, 4) is 0 Å². The highest BCUT2D eigenvalue weighted by Gasteiger charge is 2.28. The predicted molar refractivity (Wildman–Crippen MR) is 126 cm³/mol. The molecule has 0 saturated carbocycles. The van der Waals surface area contributed by atoms with Gasteiger partial charge in [0.15, 0.2) is 0 Å². The number of anilines is 1. The number of hydrogen-bond donors (Lipinski definition) is 1. The summed E-state index contributed by atoms with van der Waals surface area (Å²) in [6, 6.07) is 17.1. The second-order valence-corrected chi connectivity index (χ2v) is 10.1. The van der Waals surface area contributed by atoms with Gasteiger partial charge in [0, 0.05) is 27.2 Å². The number of sulfonamides is 1. The number of carbonyl (C=O) groups is 1. The van der Waals surface area contributed by atoms with Crippen molar-refractivity contribution in [3.05, 3.63) is 92.4 Å². The van der Waals surface area contributed by atoms with Crippen molar-refractivity contribution in [2.45, 2.75) is 11.4 Å². The molecule has 3 aromatic carbocycles. The number of amides is 1. The zero-order valence-corrected chi connectivity index (χ0v) is 19.7. The van der Waals surface area contributed by atoms with Crippen LogP contribution < -0.4 is 5.32 Å². The van der Waals surface area contributed by atoms with Crippen LogP contribution in [0.2, 0.25) is 20.1 Å². The van der Waals surface area contributed by atoms with E-state index < -0.39 is 22.5 Å². The molecular weight excluding hydrogens is 502 g/mol. The molecular formula is C21H16Cl4N2O3S. The van der Waals surface area contributed by atoms with Crippen LogP contribution in [0.15, 0.2) is 71.6 Å². The van der Waals surface area contributed by atoms with E-state index in [4.69, 9.17) is 46.4 Å². The summed E-state index contributed by atoms with van der Waals surface area (Å²) in [4.78, 5) is 12.7. The van der Waals surface area contributed by atoms with Crippen LogP contribution in [0.1, 0.15) is 5.56 Å². The second kappa shape index (κ2) is 10.2. The molecule has 10 heteroatoms. The van der Waals surface area contributed by atoms with Crippen LogP contribution >= 0.6 is 46.4 Å². The minimum Gasteiger partial charge on any atom is -0.324 e. The maximum Gasteiger partial charge on any atom is 0.243 e. The van der Waals surface area contributed by atoms with E-state index in [1.165, 1.54) is 24.3 Å². The van der Waals surface area contributed by atoms with Crippen LogP contribution in [-0.4, -0.2) is 25.2 Å². The maximum atomic E-state index is 13.3. The highest BCUT2D eigenvalue weighted by Crippen LogP contribution is 2.29. The van der Waals surface area contributed by atoms with E-state index in [-0.39, 0.29) is 21.5 Å². The molecule has 1 amide bonds. The van der Waals surface area contributed by atoms with E-state index in [9.17, 15) is 13.2 Å². The molecule has 0 unspecified atom stereocenters. The van der Waals surface area contributed by atoms with Gasteiger partial charge in [-0.05, 0) is 48.5 Å². The zero-order valence-electron chi connectivity index (χ0n) is 15.9. The van der Waals surface area contributed by atoms with E-state index in [0.29, 0.717) is 21.3 Å². The summed E-state index contributed by atoms with van der Waals surface area (Å²) < 4.78 is 27.6. The third-order valence-electron chi connectivity index (χ3n) is 4.32. The van der Waals surface area contributed by atoms with Crippen LogP contribution in [0.5, 0.6) is 0 Å². The van der Waals surface area contributed by atoms with Gasteiger partial charge in [-0.3, -0.25) is 4.79 Å². The van der Waals surface area contributed by atoms with Crippen molar-refractivity contribution in [3.63, 3.8) is 0 Å². The lowest BCUT2D eigenvalue weighted by atomic mass is 10.2. The molecule has 3 rings (SSSR count). The monoisotopic (exact) mass is 516 g/mol. The number of para-hydroxylation sites is 1. The van der Waals surface area contributed by atoms with Crippen molar-refractivity contribution in [2.24, 2.45) is 0 Å². The van der Waals surface area contributed by atoms with Crippen molar-refractivity contribution >= 4 is 68.0 Å². The fourth-order valence-electron chi connectivity index (χ4n) is 2.75. The molecule has 0 heterocycles. The SMILES string of the molecule is O=C(CN(Cc1c(Cl)cccc1Cl)S(=O)(=O)c1ccc(Cl)cc1)Nc1ccccc1Cl. The molecule has 0 atom stereocenters. The molecule has 0 radical (unpaired) electrons. The Labute approximate surface area is 200 Å². The summed E-state index contributed by atoms with van der Waals surface area (Å²) >= 11 is 24.4. The molecule has 162 valence electrons. The average molecular weight is 518 g/mol. The smallest absolute Gasteiger partial charge is 0.243 e. The fourth-order valence-corrected chi connectivity index (χ4v) is 4.94. The summed E-state index contributed by atoms with van der Waals surface area (Å²) in [7, 11) is -4.08. The Balaban J connectivity index is 1.94. The Kier molecular flexibility index (Phi) is 7.86. The van der Waals surface area contributed by atoms with E-state index in [1.807, 2.05) is 0 Å². The first kappa shape index (κ1) is 23.9. The highest BCUT2D eigenvalue weighted by atomic mass is 35.5. The van der Waals surface area contributed by atoms with Crippen LogP contribution in [-0.2, 0) is 21.4 Å². The molecule has 5 nitrogen and oxygen atoms in total. The van der Waals surface area contributed by atoms with Crippen molar-refractivity contribution in [1.29, 1.82) is 0 Å². The third kappa shape index (κ3) is 5.92. The Morgan fingerprint density at radius 2 is 1.39 bits per heavy atom. The van der Waals surface area contributed by atoms with E-state index in [0.717, 1.165) is 4.31 Å². The third-order valence-corrected chi connectivity index (χ3v) is 7.41. The van der Waals surface area contributed by atoms with E-state index in [1.54, 1.807) is 42.5 Å². The summed E-state index contributed by atoms with van der Waals surface area (Å²) in [5, 5.41) is 3.91. The standard InChI is InChI=1S/C21H16Cl4N2O3S/c22-14-8-10-15(11-9-14)31(29,30)27(12-16-17(23)5-3-6-18(16)24)13-21(28)26-20-7-2-1-4-19(20)25/h1-11H,12-13H2,(H,26,28).